The van der Waals surface area contributed by atoms with Gasteiger partial charge in [0.1, 0.15) is 0 Å². The first kappa shape index (κ1) is 20.0. The van der Waals surface area contributed by atoms with E-state index in [0.717, 1.165) is 30.5 Å². The average Bonchev–Trinajstić information content (AvgIpc) is 2.71. The number of alkyl halides is 3. The maximum atomic E-state index is 12.6. The van der Waals surface area contributed by atoms with Crippen LogP contribution in [0.2, 0.25) is 0 Å². The van der Waals surface area contributed by atoms with E-state index >= 15 is 0 Å². The van der Waals surface area contributed by atoms with E-state index in [4.69, 9.17) is 4.84 Å². The second-order valence-electron chi connectivity index (χ2n) is 6.87. The van der Waals surface area contributed by atoms with Crippen molar-refractivity contribution in [2.75, 3.05) is 0 Å². The van der Waals surface area contributed by atoms with E-state index in [9.17, 15) is 13.2 Å². The summed E-state index contributed by atoms with van der Waals surface area (Å²) in [5.74, 6) is 6.90. The predicted molar refractivity (Wildman–Crippen MR) is 104 cm³/mol. The molecule has 0 aromatic heterocycles. The topological polar surface area (TPSA) is 21.6 Å². The average molecular weight is 385 g/mol. The van der Waals surface area contributed by atoms with Crippen molar-refractivity contribution in [1.82, 2.24) is 0 Å². The molecule has 1 saturated carbocycles. The molecule has 28 heavy (non-hydrogen) atoms. The fraction of sp³-hybridized carbons (Fsp3) is 0.348. The zero-order valence-corrected chi connectivity index (χ0v) is 15.5. The molecule has 5 heteroatoms. The second kappa shape index (κ2) is 9.45. The first-order chi connectivity index (χ1) is 13.5. The van der Waals surface area contributed by atoms with Gasteiger partial charge < -0.3 is 4.84 Å². The number of halogens is 3. The van der Waals surface area contributed by atoms with Gasteiger partial charge >= 0.3 is 6.18 Å². The van der Waals surface area contributed by atoms with E-state index in [2.05, 4.69) is 17.0 Å². The summed E-state index contributed by atoms with van der Waals surface area (Å²) in [5, 5.41) is 3.97. The van der Waals surface area contributed by atoms with Gasteiger partial charge in [0.05, 0.1) is 11.8 Å². The van der Waals surface area contributed by atoms with Crippen LogP contribution in [0.5, 0.6) is 0 Å². The largest absolute Gasteiger partial charge is 0.416 e. The minimum absolute atomic E-state index is 0.391. The fourth-order valence-electron chi connectivity index (χ4n) is 3.15. The lowest BCUT2D eigenvalue weighted by Crippen LogP contribution is -2.05. The third-order valence-corrected chi connectivity index (χ3v) is 4.73. The Morgan fingerprint density at radius 3 is 2.29 bits per heavy atom. The van der Waals surface area contributed by atoms with Crippen LogP contribution in [0.3, 0.4) is 0 Å². The molecule has 0 spiro atoms. The molecule has 2 aromatic carbocycles. The summed E-state index contributed by atoms with van der Waals surface area (Å²) in [7, 11) is 0. The van der Waals surface area contributed by atoms with Gasteiger partial charge in [-0.05, 0) is 30.5 Å². The smallest absolute Gasteiger partial charge is 0.374 e. The highest BCUT2D eigenvalue weighted by Crippen LogP contribution is 2.29. The van der Waals surface area contributed by atoms with Crippen LogP contribution in [0.1, 0.15) is 54.9 Å². The van der Waals surface area contributed by atoms with E-state index < -0.39 is 17.8 Å². The zero-order valence-electron chi connectivity index (χ0n) is 15.5. The Morgan fingerprint density at radius 1 is 0.964 bits per heavy atom. The molecule has 0 radical (unpaired) electrons. The van der Waals surface area contributed by atoms with Gasteiger partial charge in [-0.3, -0.25) is 0 Å². The van der Waals surface area contributed by atoms with E-state index in [1.807, 2.05) is 30.3 Å². The molecule has 3 rings (SSSR count). The lowest BCUT2D eigenvalue weighted by molar-refractivity contribution is -0.137. The van der Waals surface area contributed by atoms with Crippen molar-refractivity contribution >= 4 is 6.21 Å². The molecule has 2 aromatic rings. The van der Waals surface area contributed by atoms with E-state index in [1.165, 1.54) is 37.6 Å². The Bertz CT molecular complexity index is 826. The highest BCUT2D eigenvalue weighted by Gasteiger charge is 2.29. The molecule has 1 atom stereocenters. The summed E-state index contributed by atoms with van der Waals surface area (Å²) in [6.07, 6.45) is 2.47. The summed E-state index contributed by atoms with van der Waals surface area (Å²) in [6, 6.07) is 14.4. The van der Waals surface area contributed by atoms with Crippen molar-refractivity contribution in [2.45, 2.75) is 44.4 Å². The molecule has 1 aliphatic rings. The van der Waals surface area contributed by atoms with Crippen LogP contribution in [-0.2, 0) is 11.0 Å². The lowest BCUT2D eigenvalue weighted by atomic mass is 9.89. The molecule has 0 aliphatic heterocycles. The van der Waals surface area contributed by atoms with Crippen LogP contribution in [0, 0.1) is 17.8 Å². The van der Waals surface area contributed by atoms with Crippen molar-refractivity contribution in [1.29, 1.82) is 0 Å². The van der Waals surface area contributed by atoms with Gasteiger partial charge in [0.2, 0.25) is 6.10 Å². The molecule has 0 N–H and O–H groups in total. The summed E-state index contributed by atoms with van der Waals surface area (Å²) < 4.78 is 37.9. The van der Waals surface area contributed by atoms with Crippen LogP contribution < -0.4 is 0 Å². The second-order valence-corrected chi connectivity index (χ2v) is 6.87. The highest BCUT2D eigenvalue weighted by atomic mass is 19.4. The van der Waals surface area contributed by atoms with Crippen LogP contribution in [0.4, 0.5) is 13.2 Å². The number of oxime groups is 1. The van der Waals surface area contributed by atoms with Crippen molar-refractivity contribution < 1.29 is 18.0 Å². The Kier molecular flexibility index (Phi) is 6.76. The SMILES string of the molecule is FC(F)(F)c1ccc(/C=N/OC(C#CC2CCCCC2)c2ccccc2)cc1. The Labute approximate surface area is 163 Å². The Hall–Kier alpha value is -2.74. The molecule has 0 bridgehead atoms. The number of rotatable bonds is 4. The van der Waals surface area contributed by atoms with Crippen LogP contribution in [0.15, 0.2) is 59.8 Å². The standard InChI is InChI=1S/C23H22F3NO/c24-23(25,26)21-14-11-19(12-15-21)17-27-28-22(20-9-5-2-6-10-20)16-13-18-7-3-1-4-8-18/h2,5-6,9-12,14-15,17-18,22H,1,3-4,7-8H2/b27-17+. The van der Waals surface area contributed by atoms with Crippen LogP contribution >= 0.6 is 0 Å². The van der Waals surface area contributed by atoms with Gasteiger partial charge in [0.25, 0.3) is 0 Å². The fourth-order valence-corrected chi connectivity index (χ4v) is 3.15. The van der Waals surface area contributed by atoms with E-state index in [1.54, 1.807) is 0 Å². The van der Waals surface area contributed by atoms with Gasteiger partial charge in [0.15, 0.2) is 0 Å². The number of benzene rings is 2. The first-order valence-corrected chi connectivity index (χ1v) is 9.45. The quantitative estimate of drug-likeness (QED) is 0.340. The molecule has 0 saturated heterocycles. The minimum Gasteiger partial charge on any atom is -0.374 e. The third-order valence-electron chi connectivity index (χ3n) is 4.73. The zero-order chi connectivity index (χ0) is 19.8. The van der Waals surface area contributed by atoms with Gasteiger partial charge in [-0.25, -0.2) is 0 Å². The van der Waals surface area contributed by atoms with Gasteiger partial charge in [-0.15, -0.1) is 0 Å². The molecule has 1 aliphatic carbocycles. The summed E-state index contributed by atoms with van der Waals surface area (Å²) in [5.41, 5.74) is 0.738. The van der Waals surface area contributed by atoms with Crippen molar-refractivity contribution in [3.8, 4) is 11.8 Å². The minimum atomic E-state index is -4.35. The predicted octanol–water partition coefficient (Wildman–Crippen LogP) is 6.38. The Balaban J connectivity index is 1.69. The van der Waals surface area contributed by atoms with Gasteiger partial charge in [-0.1, -0.05) is 78.7 Å². The van der Waals surface area contributed by atoms with Gasteiger partial charge in [0, 0.05) is 11.5 Å². The van der Waals surface area contributed by atoms with Crippen molar-refractivity contribution in [3.63, 3.8) is 0 Å². The normalized spacial score (nSPS) is 16.4. The van der Waals surface area contributed by atoms with E-state index in [-0.39, 0.29) is 0 Å². The number of nitrogens with zero attached hydrogens (tertiary/aromatic N) is 1. The maximum absolute atomic E-state index is 12.6. The molecular weight excluding hydrogens is 363 g/mol. The molecule has 146 valence electrons. The van der Waals surface area contributed by atoms with Crippen LogP contribution in [-0.4, -0.2) is 6.21 Å². The van der Waals surface area contributed by atoms with Crippen molar-refractivity contribution in [2.24, 2.45) is 11.1 Å². The number of hydrogen-bond acceptors (Lipinski definition) is 2. The molecule has 1 unspecified atom stereocenters. The first-order valence-electron chi connectivity index (χ1n) is 9.45. The molecule has 0 heterocycles. The third kappa shape index (κ3) is 5.88. The molecule has 1 fully saturated rings. The Morgan fingerprint density at radius 2 is 1.64 bits per heavy atom. The summed E-state index contributed by atoms with van der Waals surface area (Å²) >= 11 is 0. The van der Waals surface area contributed by atoms with E-state index in [0.29, 0.717) is 11.5 Å². The maximum Gasteiger partial charge on any atom is 0.416 e. The van der Waals surface area contributed by atoms with Crippen molar-refractivity contribution in [3.05, 3.63) is 71.3 Å². The number of hydrogen-bond donors (Lipinski definition) is 0. The van der Waals surface area contributed by atoms with Gasteiger partial charge in [-0.2, -0.15) is 13.2 Å². The molecular formula is C23H22F3NO. The summed E-state index contributed by atoms with van der Waals surface area (Å²) in [4.78, 5) is 5.59. The summed E-state index contributed by atoms with van der Waals surface area (Å²) in [6.45, 7) is 0. The monoisotopic (exact) mass is 385 g/mol. The highest BCUT2D eigenvalue weighted by molar-refractivity contribution is 5.79. The molecule has 2 nitrogen and oxygen atoms in total. The van der Waals surface area contributed by atoms with Crippen LogP contribution in [0.25, 0.3) is 0 Å². The lowest BCUT2D eigenvalue weighted by Gasteiger charge is -2.16. The molecule has 0 amide bonds.